The van der Waals surface area contributed by atoms with Crippen LogP contribution in [0.2, 0.25) is 0 Å². The average Bonchev–Trinajstić information content (AvgIpc) is 2.72. The normalized spacial score (nSPS) is 12.8. The van der Waals surface area contributed by atoms with Crippen LogP contribution in [-0.2, 0) is 9.53 Å². The predicted octanol–water partition coefficient (Wildman–Crippen LogP) is 4.41. The SMILES string of the molecule is COc1cc2ccccc2cc1C(=O)O[C@@H](C)C(=O)N[C@H](C)c1ccc(F)cc1. The van der Waals surface area contributed by atoms with Gasteiger partial charge in [-0.15, -0.1) is 0 Å². The van der Waals surface area contributed by atoms with Crippen LogP contribution in [-0.4, -0.2) is 25.1 Å². The Morgan fingerprint density at radius 1 is 0.966 bits per heavy atom. The Hall–Kier alpha value is -3.41. The Labute approximate surface area is 168 Å². The van der Waals surface area contributed by atoms with Gasteiger partial charge in [-0.05, 0) is 54.4 Å². The van der Waals surface area contributed by atoms with Gasteiger partial charge in [-0.3, -0.25) is 4.79 Å². The number of esters is 1. The Balaban J connectivity index is 1.70. The van der Waals surface area contributed by atoms with Gasteiger partial charge in [0.15, 0.2) is 6.10 Å². The molecule has 5 nitrogen and oxygen atoms in total. The number of halogens is 1. The lowest BCUT2D eigenvalue weighted by molar-refractivity contribution is -0.129. The first-order chi connectivity index (χ1) is 13.9. The molecule has 0 unspecified atom stereocenters. The summed E-state index contributed by atoms with van der Waals surface area (Å²) in [5.74, 6) is -1.07. The van der Waals surface area contributed by atoms with E-state index >= 15 is 0 Å². The number of benzene rings is 3. The number of fused-ring (bicyclic) bond motifs is 1. The second kappa shape index (κ2) is 8.73. The third-order valence-electron chi connectivity index (χ3n) is 4.67. The molecule has 0 saturated carbocycles. The number of carbonyl (C=O) groups is 2. The van der Waals surface area contributed by atoms with E-state index in [0.29, 0.717) is 5.75 Å². The number of nitrogens with one attached hydrogen (secondary N) is 1. The fourth-order valence-corrected chi connectivity index (χ4v) is 2.99. The third kappa shape index (κ3) is 4.71. The topological polar surface area (TPSA) is 64.6 Å². The van der Waals surface area contributed by atoms with Crippen LogP contribution >= 0.6 is 0 Å². The number of methoxy groups -OCH3 is 1. The molecule has 2 atom stereocenters. The fourth-order valence-electron chi connectivity index (χ4n) is 2.99. The van der Waals surface area contributed by atoms with E-state index in [2.05, 4.69) is 5.32 Å². The second-order valence-electron chi connectivity index (χ2n) is 6.73. The maximum absolute atomic E-state index is 13.0. The van der Waals surface area contributed by atoms with Crippen LogP contribution in [0.4, 0.5) is 4.39 Å². The minimum Gasteiger partial charge on any atom is -0.496 e. The Bertz CT molecular complexity index is 1030. The van der Waals surface area contributed by atoms with Crippen molar-refractivity contribution in [3.05, 3.63) is 77.6 Å². The van der Waals surface area contributed by atoms with E-state index in [1.165, 1.54) is 26.2 Å². The van der Waals surface area contributed by atoms with Crippen molar-refractivity contribution in [2.45, 2.75) is 26.0 Å². The van der Waals surface area contributed by atoms with E-state index in [9.17, 15) is 14.0 Å². The van der Waals surface area contributed by atoms with E-state index in [4.69, 9.17) is 9.47 Å². The van der Waals surface area contributed by atoms with Gasteiger partial charge in [0, 0.05) is 0 Å². The summed E-state index contributed by atoms with van der Waals surface area (Å²) in [5.41, 5.74) is 0.993. The molecule has 0 saturated heterocycles. The highest BCUT2D eigenvalue weighted by atomic mass is 19.1. The monoisotopic (exact) mass is 395 g/mol. The lowest BCUT2D eigenvalue weighted by atomic mass is 10.1. The molecule has 150 valence electrons. The summed E-state index contributed by atoms with van der Waals surface area (Å²) in [4.78, 5) is 25.1. The van der Waals surface area contributed by atoms with Gasteiger partial charge in [-0.25, -0.2) is 9.18 Å². The maximum Gasteiger partial charge on any atom is 0.342 e. The summed E-state index contributed by atoms with van der Waals surface area (Å²) in [7, 11) is 1.47. The number of hydrogen-bond acceptors (Lipinski definition) is 4. The molecule has 0 aromatic heterocycles. The minimum atomic E-state index is -1.01. The van der Waals surface area contributed by atoms with Crippen molar-refractivity contribution < 1.29 is 23.5 Å². The fraction of sp³-hybridized carbons (Fsp3) is 0.217. The summed E-state index contributed by atoms with van der Waals surface area (Å²) < 4.78 is 23.7. The average molecular weight is 395 g/mol. The van der Waals surface area contributed by atoms with Crippen molar-refractivity contribution in [3.8, 4) is 5.75 Å². The zero-order chi connectivity index (χ0) is 21.0. The van der Waals surface area contributed by atoms with Gasteiger partial charge in [-0.1, -0.05) is 36.4 Å². The van der Waals surface area contributed by atoms with E-state index < -0.39 is 18.0 Å². The van der Waals surface area contributed by atoms with Gasteiger partial charge in [0.05, 0.1) is 13.2 Å². The zero-order valence-corrected chi connectivity index (χ0v) is 16.4. The zero-order valence-electron chi connectivity index (χ0n) is 16.4. The molecule has 1 N–H and O–H groups in total. The summed E-state index contributed by atoms with van der Waals surface area (Å²) >= 11 is 0. The highest BCUT2D eigenvalue weighted by Gasteiger charge is 2.23. The molecule has 0 spiro atoms. The summed E-state index contributed by atoms with van der Waals surface area (Å²) in [6.45, 7) is 3.27. The molecule has 0 heterocycles. The van der Waals surface area contributed by atoms with Crippen molar-refractivity contribution >= 4 is 22.6 Å². The van der Waals surface area contributed by atoms with E-state index in [0.717, 1.165) is 16.3 Å². The Morgan fingerprint density at radius 3 is 2.21 bits per heavy atom. The second-order valence-corrected chi connectivity index (χ2v) is 6.73. The molecule has 3 aromatic carbocycles. The molecular weight excluding hydrogens is 373 g/mol. The molecule has 29 heavy (non-hydrogen) atoms. The smallest absolute Gasteiger partial charge is 0.342 e. The largest absolute Gasteiger partial charge is 0.496 e. The number of rotatable bonds is 6. The predicted molar refractivity (Wildman–Crippen MR) is 108 cm³/mol. The van der Waals surface area contributed by atoms with Crippen molar-refractivity contribution in [1.29, 1.82) is 0 Å². The quantitative estimate of drug-likeness (QED) is 0.628. The van der Waals surface area contributed by atoms with Crippen molar-refractivity contribution in [1.82, 2.24) is 5.32 Å². The van der Waals surface area contributed by atoms with Crippen LogP contribution in [0.5, 0.6) is 5.75 Å². The molecule has 0 fully saturated rings. The third-order valence-corrected chi connectivity index (χ3v) is 4.67. The van der Waals surface area contributed by atoms with E-state index in [1.807, 2.05) is 24.3 Å². The van der Waals surface area contributed by atoms with Crippen LogP contribution in [0, 0.1) is 5.82 Å². The summed E-state index contributed by atoms with van der Waals surface area (Å²) in [5, 5.41) is 4.55. The highest BCUT2D eigenvalue weighted by Crippen LogP contribution is 2.27. The van der Waals surface area contributed by atoms with Gasteiger partial charge in [0.2, 0.25) is 0 Å². The molecule has 1 amide bonds. The Morgan fingerprint density at radius 2 is 1.59 bits per heavy atom. The molecule has 0 bridgehead atoms. The molecular formula is C23H22FNO4. The first kappa shape index (κ1) is 20.3. The van der Waals surface area contributed by atoms with Gasteiger partial charge in [0.1, 0.15) is 17.1 Å². The highest BCUT2D eigenvalue weighted by molar-refractivity contribution is 5.99. The molecule has 0 aliphatic rings. The minimum absolute atomic E-state index is 0.248. The van der Waals surface area contributed by atoms with Crippen LogP contribution < -0.4 is 10.1 Å². The summed E-state index contributed by atoms with van der Waals surface area (Å²) in [6.07, 6.45) is -1.01. The lowest BCUT2D eigenvalue weighted by Crippen LogP contribution is -2.37. The molecule has 0 aliphatic carbocycles. The number of hydrogen-bond donors (Lipinski definition) is 1. The molecule has 0 radical (unpaired) electrons. The molecule has 3 rings (SSSR count). The van der Waals surface area contributed by atoms with Gasteiger partial charge >= 0.3 is 5.97 Å². The number of ether oxygens (including phenoxy) is 2. The van der Waals surface area contributed by atoms with Crippen molar-refractivity contribution in [2.75, 3.05) is 7.11 Å². The molecule has 0 aliphatic heterocycles. The van der Waals surface area contributed by atoms with Crippen LogP contribution in [0.15, 0.2) is 60.7 Å². The van der Waals surface area contributed by atoms with Crippen LogP contribution in [0.1, 0.15) is 35.8 Å². The lowest BCUT2D eigenvalue weighted by Gasteiger charge is -2.19. The first-order valence-electron chi connectivity index (χ1n) is 9.22. The van der Waals surface area contributed by atoms with Crippen molar-refractivity contribution in [3.63, 3.8) is 0 Å². The van der Waals surface area contributed by atoms with Gasteiger partial charge in [-0.2, -0.15) is 0 Å². The number of carbonyl (C=O) groups excluding carboxylic acids is 2. The Kier molecular flexibility index (Phi) is 6.12. The van der Waals surface area contributed by atoms with E-state index in [-0.39, 0.29) is 17.4 Å². The molecule has 3 aromatic rings. The van der Waals surface area contributed by atoms with Gasteiger partial charge in [0.25, 0.3) is 5.91 Å². The van der Waals surface area contributed by atoms with Crippen LogP contribution in [0.3, 0.4) is 0 Å². The van der Waals surface area contributed by atoms with Crippen molar-refractivity contribution in [2.24, 2.45) is 0 Å². The van der Waals surface area contributed by atoms with Gasteiger partial charge < -0.3 is 14.8 Å². The maximum atomic E-state index is 13.0. The van der Waals surface area contributed by atoms with Crippen LogP contribution in [0.25, 0.3) is 10.8 Å². The first-order valence-corrected chi connectivity index (χ1v) is 9.22. The standard InChI is InChI=1S/C23H22FNO4/c1-14(16-8-10-19(24)11-9-16)25-22(26)15(2)29-23(27)20-12-17-6-4-5-7-18(17)13-21(20)28-3/h4-15H,1-3H3,(H,25,26)/t14-,15+/m1/s1. The molecule has 6 heteroatoms. The van der Waals surface area contributed by atoms with E-state index in [1.54, 1.807) is 31.2 Å². The summed E-state index contributed by atoms with van der Waals surface area (Å²) in [6, 6.07) is 16.5. The number of amides is 1.